The van der Waals surface area contributed by atoms with Gasteiger partial charge in [-0.15, -0.1) is 11.3 Å². The van der Waals surface area contributed by atoms with Crippen LogP contribution < -0.4 is 5.32 Å². The van der Waals surface area contributed by atoms with E-state index >= 15 is 0 Å². The molecule has 0 fully saturated rings. The lowest BCUT2D eigenvalue weighted by Gasteiger charge is -2.10. The largest absolute Gasteiger partial charge is 0.380 e. The van der Waals surface area contributed by atoms with Gasteiger partial charge in [0.05, 0.1) is 17.2 Å². The summed E-state index contributed by atoms with van der Waals surface area (Å²) >= 11 is 1.78. The third kappa shape index (κ3) is 3.10. The van der Waals surface area contributed by atoms with E-state index in [0.717, 1.165) is 23.7 Å². The Hall–Kier alpha value is -1.35. The summed E-state index contributed by atoms with van der Waals surface area (Å²) in [5.41, 5.74) is 3.81. The molecule has 0 unspecified atom stereocenters. The molecule has 0 spiro atoms. The normalized spacial score (nSPS) is 10.6. The molecule has 96 valence electrons. The van der Waals surface area contributed by atoms with E-state index in [1.165, 1.54) is 22.5 Å². The Kier molecular flexibility index (Phi) is 4.37. The van der Waals surface area contributed by atoms with E-state index in [9.17, 15) is 0 Å². The second-order valence-electron chi connectivity index (χ2n) is 4.50. The lowest BCUT2D eigenvalue weighted by Crippen LogP contribution is -2.02. The third-order valence-electron chi connectivity index (χ3n) is 2.98. The van der Waals surface area contributed by atoms with Gasteiger partial charge in [-0.25, -0.2) is 4.98 Å². The molecule has 0 radical (unpaired) electrons. The highest BCUT2D eigenvalue weighted by Gasteiger charge is 2.05. The minimum absolute atomic E-state index is 0.873. The highest BCUT2D eigenvalue weighted by molar-refractivity contribution is 7.11. The zero-order chi connectivity index (χ0) is 13.0. The molecule has 0 bridgehead atoms. The zero-order valence-electron chi connectivity index (χ0n) is 11.3. The maximum atomic E-state index is 4.46. The number of thiazole rings is 1. The maximum Gasteiger partial charge on any atom is 0.0900 e. The second kappa shape index (κ2) is 6.01. The standard InChI is InChI=1S/C15H20N2S/c1-4-7-13-8-5-6-9-14(13)16-10-15-11(2)17-12(3)18-15/h5-6,8-9,16H,4,7,10H2,1-3H3. The number of rotatable bonds is 5. The fourth-order valence-corrected chi connectivity index (χ4v) is 2.97. The summed E-state index contributed by atoms with van der Waals surface area (Å²) < 4.78 is 0. The lowest BCUT2D eigenvalue weighted by molar-refractivity contribution is 0.919. The van der Waals surface area contributed by atoms with E-state index < -0.39 is 0 Å². The first-order valence-corrected chi connectivity index (χ1v) is 7.27. The predicted molar refractivity (Wildman–Crippen MR) is 79.4 cm³/mol. The van der Waals surface area contributed by atoms with Crippen molar-refractivity contribution >= 4 is 17.0 Å². The fourth-order valence-electron chi connectivity index (χ4n) is 2.09. The number of anilines is 1. The van der Waals surface area contributed by atoms with Crippen LogP contribution in [-0.2, 0) is 13.0 Å². The summed E-state index contributed by atoms with van der Waals surface area (Å²) in [5, 5.41) is 4.68. The van der Waals surface area contributed by atoms with Crippen molar-refractivity contribution in [3.05, 3.63) is 45.4 Å². The monoisotopic (exact) mass is 260 g/mol. The minimum Gasteiger partial charge on any atom is -0.380 e. The Labute approximate surface area is 113 Å². The van der Waals surface area contributed by atoms with Crippen molar-refractivity contribution in [2.45, 2.75) is 40.2 Å². The highest BCUT2D eigenvalue weighted by atomic mass is 32.1. The minimum atomic E-state index is 0.873. The average Bonchev–Trinajstić information content (AvgIpc) is 2.67. The number of nitrogens with one attached hydrogen (secondary N) is 1. The summed E-state index contributed by atoms with van der Waals surface area (Å²) in [6.45, 7) is 7.23. The molecule has 0 saturated heterocycles. The number of hydrogen-bond donors (Lipinski definition) is 1. The van der Waals surface area contributed by atoms with Crippen molar-refractivity contribution in [1.82, 2.24) is 4.98 Å². The maximum absolute atomic E-state index is 4.46. The Bertz CT molecular complexity index is 517. The van der Waals surface area contributed by atoms with Crippen LogP contribution in [0.1, 0.15) is 34.5 Å². The molecule has 2 rings (SSSR count). The summed E-state index contributed by atoms with van der Waals surface area (Å²) in [7, 11) is 0. The zero-order valence-corrected chi connectivity index (χ0v) is 12.1. The van der Waals surface area contributed by atoms with Gasteiger partial charge in [-0.05, 0) is 31.9 Å². The molecule has 1 aromatic heterocycles. The third-order valence-corrected chi connectivity index (χ3v) is 4.05. The van der Waals surface area contributed by atoms with Crippen LogP contribution in [0.2, 0.25) is 0 Å². The van der Waals surface area contributed by atoms with E-state index in [2.05, 4.69) is 55.3 Å². The first-order valence-electron chi connectivity index (χ1n) is 6.45. The molecule has 1 aromatic carbocycles. The molecular weight excluding hydrogens is 240 g/mol. The van der Waals surface area contributed by atoms with Crippen molar-refractivity contribution in [1.29, 1.82) is 0 Å². The van der Waals surface area contributed by atoms with Crippen LogP contribution in [0.4, 0.5) is 5.69 Å². The van der Waals surface area contributed by atoms with E-state index in [4.69, 9.17) is 0 Å². The van der Waals surface area contributed by atoms with Crippen molar-refractivity contribution in [3.8, 4) is 0 Å². The summed E-state index contributed by atoms with van der Waals surface area (Å²) in [5.74, 6) is 0. The van der Waals surface area contributed by atoms with Crippen LogP contribution in [0.15, 0.2) is 24.3 Å². The molecule has 18 heavy (non-hydrogen) atoms. The van der Waals surface area contributed by atoms with Crippen molar-refractivity contribution in [2.75, 3.05) is 5.32 Å². The molecule has 0 aliphatic rings. The van der Waals surface area contributed by atoms with Gasteiger partial charge in [0.1, 0.15) is 0 Å². The molecule has 0 saturated carbocycles. The van der Waals surface area contributed by atoms with Gasteiger partial charge in [0.2, 0.25) is 0 Å². The van der Waals surface area contributed by atoms with Crippen molar-refractivity contribution in [2.24, 2.45) is 0 Å². The van der Waals surface area contributed by atoms with Crippen LogP contribution in [0.3, 0.4) is 0 Å². The highest BCUT2D eigenvalue weighted by Crippen LogP contribution is 2.21. The number of aromatic nitrogens is 1. The van der Waals surface area contributed by atoms with Gasteiger partial charge in [0.15, 0.2) is 0 Å². The number of aryl methyl sites for hydroxylation is 3. The summed E-state index contributed by atoms with van der Waals surface area (Å²) in [4.78, 5) is 5.79. The van der Waals surface area contributed by atoms with E-state index in [1.54, 1.807) is 11.3 Å². The van der Waals surface area contributed by atoms with Gasteiger partial charge >= 0.3 is 0 Å². The van der Waals surface area contributed by atoms with Crippen LogP contribution in [0.5, 0.6) is 0 Å². The SMILES string of the molecule is CCCc1ccccc1NCc1sc(C)nc1C. The number of hydrogen-bond acceptors (Lipinski definition) is 3. The number of nitrogens with zero attached hydrogens (tertiary/aromatic N) is 1. The fraction of sp³-hybridized carbons (Fsp3) is 0.400. The van der Waals surface area contributed by atoms with Gasteiger partial charge in [0.25, 0.3) is 0 Å². The predicted octanol–water partition coefficient (Wildman–Crippen LogP) is 4.32. The second-order valence-corrected chi connectivity index (χ2v) is 5.79. The Morgan fingerprint density at radius 3 is 2.67 bits per heavy atom. The van der Waals surface area contributed by atoms with Crippen LogP contribution in [-0.4, -0.2) is 4.98 Å². The first-order chi connectivity index (χ1) is 8.70. The lowest BCUT2D eigenvalue weighted by atomic mass is 10.1. The number of para-hydroxylation sites is 1. The van der Waals surface area contributed by atoms with Crippen molar-refractivity contribution < 1.29 is 0 Å². The molecule has 2 aromatic rings. The van der Waals surface area contributed by atoms with E-state index in [0.29, 0.717) is 0 Å². The first kappa shape index (κ1) is 13.1. The summed E-state index contributed by atoms with van der Waals surface area (Å²) in [6.07, 6.45) is 2.31. The molecule has 0 atom stereocenters. The van der Waals surface area contributed by atoms with Gasteiger partial charge in [-0.1, -0.05) is 31.5 Å². The van der Waals surface area contributed by atoms with Gasteiger partial charge in [-0.3, -0.25) is 0 Å². The topological polar surface area (TPSA) is 24.9 Å². The van der Waals surface area contributed by atoms with E-state index in [1.807, 2.05) is 0 Å². The molecule has 1 N–H and O–H groups in total. The van der Waals surface area contributed by atoms with Crippen LogP contribution in [0, 0.1) is 13.8 Å². The molecule has 0 aliphatic heterocycles. The quantitative estimate of drug-likeness (QED) is 0.865. The summed E-state index contributed by atoms with van der Waals surface area (Å²) in [6, 6.07) is 8.56. The van der Waals surface area contributed by atoms with Crippen LogP contribution in [0.25, 0.3) is 0 Å². The molecule has 0 aliphatic carbocycles. The molecule has 1 heterocycles. The average molecular weight is 260 g/mol. The Morgan fingerprint density at radius 2 is 2.00 bits per heavy atom. The molecule has 0 amide bonds. The number of benzene rings is 1. The van der Waals surface area contributed by atoms with E-state index in [-0.39, 0.29) is 0 Å². The van der Waals surface area contributed by atoms with Gasteiger partial charge in [-0.2, -0.15) is 0 Å². The Balaban J connectivity index is 2.08. The van der Waals surface area contributed by atoms with Gasteiger partial charge < -0.3 is 5.32 Å². The van der Waals surface area contributed by atoms with Gasteiger partial charge in [0, 0.05) is 10.6 Å². The molecular formula is C15H20N2S. The Morgan fingerprint density at radius 1 is 1.22 bits per heavy atom. The van der Waals surface area contributed by atoms with Crippen LogP contribution >= 0.6 is 11.3 Å². The molecule has 3 heteroatoms. The van der Waals surface area contributed by atoms with Crippen molar-refractivity contribution in [3.63, 3.8) is 0 Å². The molecule has 2 nitrogen and oxygen atoms in total. The smallest absolute Gasteiger partial charge is 0.0900 e.